The molecule has 4 nitrogen and oxygen atoms in total. The van der Waals surface area contributed by atoms with Crippen LogP contribution in [0.25, 0.3) is 0 Å². The lowest BCUT2D eigenvalue weighted by Gasteiger charge is -2.33. The van der Waals surface area contributed by atoms with Crippen molar-refractivity contribution in [1.82, 2.24) is 10.2 Å². The molecule has 0 aromatic carbocycles. The van der Waals surface area contributed by atoms with Gasteiger partial charge in [-0.3, -0.25) is 4.90 Å². The van der Waals surface area contributed by atoms with E-state index in [1.807, 2.05) is 0 Å². The monoisotopic (exact) mass is 270 g/mol. The van der Waals surface area contributed by atoms with Crippen molar-refractivity contribution in [2.45, 2.75) is 44.1 Å². The van der Waals surface area contributed by atoms with Crippen LogP contribution in [0.15, 0.2) is 0 Å². The maximum absolute atomic E-state index is 5.69. The topological polar surface area (TPSA) is 33.7 Å². The van der Waals surface area contributed by atoms with Gasteiger partial charge in [-0.05, 0) is 38.8 Å². The average Bonchev–Trinajstić information content (AvgIpc) is 2.76. The van der Waals surface area contributed by atoms with Gasteiger partial charge < -0.3 is 14.8 Å². The molecule has 1 saturated heterocycles. The second-order valence-corrected chi connectivity index (χ2v) is 6.00. The van der Waals surface area contributed by atoms with E-state index in [1.54, 1.807) is 7.11 Å². The summed E-state index contributed by atoms with van der Waals surface area (Å²) in [6.07, 6.45) is 7.78. The zero-order valence-electron chi connectivity index (χ0n) is 12.5. The van der Waals surface area contributed by atoms with E-state index in [-0.39, 0.29) is 0 Å². The molecule has 1 spiro atoms. The predicted molar refractivity (Wildman–Crippen MR) is 77.6 cm³/mol. The molecule has 0 aromatic heterocycles. The van der Waals surface area contributed by atoms with Crippen molar-refractivity contribution in [1.29, 1.82) is 0 Å². The third-order valence-corrected chi connectivity index (χ3v) is 4.43. The number of rotatable bonds is 7. The van der Waals surface area contributed by atoms with E-state index in [0.717, 1.165) is 32.8 Å². The number of methoxy groups -OCH3 is 1. The highest BCUT2D eigenvalue weighted by Crippen LogP contribution is 2.31. The van der Waals surface area contributed by atoms with Crippen LogP contribution in [0.3, 0.4) is 0 Å². The Hall–Kier alpha value is -0.160. The lowest BCUT2D eigenvalue weighted by Crippen LogP contribution is -2.49. The summed E-state index contributed by atoms with van der Waals surface area (Å²) in [4.78, 5) is 2.60. The molecule has 0 amide bonds. The van der Waals surface area contributed by atoms with Crippen molar-refractivity contribution in [3.63, 3.8) is 0 Å². The molecule has 0 bridgehead atoms. The van der Waals surface area contributed by atoms with Gasteiger partial charge in [0.1, 0.15) is 0 Å². The highest BCUT2D eigenvalue weighted by Gasteiger charge is 2.36. The highest BCUT2D eigenvalue weighted by atomic mass is 16.5. The van der Waals surface area contributed by atoms with Crippen LogP contribution in [-0.2, 0) is 9.47 Å². The zero-order chi connectivity index (χ0) is 13.4. The summed E-state index contributed by atoms with van der Waals surface area (Å²) in [6.45, 7) is 7.19. The number of hydrogen-bond donors (Lipinski definition) is 1. The first kappa shape index (κ1) is 15.2. The Balaban J connectivity index is 1.64. The molecule has 1 aliphatic carbocycles. The van der Waals surface area contributed by atoms with Crippen molar-refractivity contribution >= 4 is 0 Å². The number of nitrogens with zero attached hydrogens (tertiary/aromatic N) is 1. The smallest absolute Gasteiger partial charge is 0.0593 e. The lowest BCUT2D eigenvalue weighted by atomic mass is 9.97. The summed E-state index contributed by atoms with van der Waals surface area (Å²) in [5.41, 5.74) is 0.423. The van der Waals surface area contributed by atoms with Crippen molar-refractivity contribution in [2.75, 3.05) is 53.1 Å². The van der Waals surface area contributed by atoms with Crippen LogP contribution < -0.4 is 5.32 Å². The van der Waals surface area contributed by atoms with E-state index in [0.29, 0.717) is 5.54 Å². The van der Waals surface area contributed by atoms with Gasteiger partial charge in [0.2, 0.25) is 0 Å². The first-order valence-electron chi connectivity index (χ1n) is 7.89. The Kier molecular flexibility index (Phi) is 6.57. The van der Waals surface area contributed by atoms with Crippen molar-refractivity contribution < 1.29 is 9.47 Å². The van der Waals surface area contributed by atoms with Crippen LogP contribution >= 0.6 is 0 Å². The standard InChI is InChI=1S/C15H30N2O2/c1-18-11-5-12-19-13-10-17-9-4-8-16-15(14-17)6-2-3-7-15/h16H,2-14H2,1H3. The minimum atomic E-state index is 0.423. The second kappa shape index (κ2) is 8.20. The SMILES string of the molecule is COCCCOCCN1CCCNC2(CCCC2)C1. The van der Waals surface area contributed by atoms with Gasteiger partial charge in [0.25, 0.3) is 0 Å². The average molecular weight is 270 g/mol. The predicted octanol–water partition coefficient (Wildman–Crippen LogP) is 1.65. The van der Waals surface area contributed by atoms with Gasteiger partial charge in [0.05, 0.1) is 6.61 Å². The lowest BCUT2D eigenvalue weighted by molar-refractivity contribution is 0.0790. The van der Waals surface area contributed by atoms with E-state index in [9.17, 15) is 0 Å². The van der Waals surface area contributed by atoms with E-state index in [4.69, 9.17) is 9.47 Å². The third-order valence-electron chi connectivity index (χ3n) is 4.43. The van der Waals surface area contributed by atoms with Gasteiger partial charge in [0, 0.05) is 39.0 Å². The Morgan fingerprint density at radius 1 is 1.11 bits per heavy atom. The molecule has 1 heterocycles. The summed E-state index contributed by atoms with van der Waals surface area (Å²) in [7, 11) is 1.74. The van der Waals surface area contributed by atoms with Crippen LogP contribution in [0, 0.1) is 0 Å². The maximum atomic E-state index is 5.69. The van der Waals surface area contributed by atoms with Gasteiger partial charge >= 0.3 is 0 Å². The first-order chi connectivity index (χ1) is 9.35. The summed E-state index contributed by atoms with van der Waals surface area (Å²) in [6, 6.07) is 0. The van der Waals surface area contributed by atoms with Crippen LogP contribution in [0.5, 0.6) is 0 Å². The maximum Gasteiger partial charge on any atom is 0.0593 e. The Morgan fingerprint density at radius 2 is 1.95 bits per heavy atom. The molecule has 1 N–H and O–H groups in total. The molecule has 2 rings (SSSR count). The minimum Gasteiger partial charge on any atom is -0.385 e. The van der Waals surface area contributed by atoms with Crippen LogP contribution in [0.2, 0.25) is 0 Å². The molecule has 2 aliphatic rings. The van der Waals surface area contributed by atoms with Gasteiger partial charge in [-0.2, -0.15) is 0 Å². The Morgan fingerprint density at radius 3 is 2.74 bits per heavy atom. The van der Waals surface area contributed by atoms with E-state index < -0.39 is 0 Å². The van der Waals surface area contributed by atoms with Crippen LogP contribution in [-0.4, -0.2) is 63.5 Å². The molecule has 2 fully saturated rings. The molecule has 0 unspecified atom stereocenters. The molecular formula is C15H30N2O2. The molecule has 1 saturated carbocycles. The Bertz CT molecular complexity index is 242. The summed E-state index contributed by atoms with van der Waals surface area (Å²) in [5.74, 6) is 0. The van der Waals surface area contributed by atoms with Gasteiger partial charge in [-0.15, -0.1) is 0 Å². The molecule has 4 heteroatoms. The zero-order valence-corrected chi connectivity index (χ0v) is 12.5. The number of nitrogens with one attached hydrogen (secondary N) is 1. The summed E-state index contributed by atoms with van der Waals surface area (Å²) in [5, 5.41) is 3.81. The Labute approximate surface area is 117 Å². The van der Waals surface area contributed by atoms with Crippen molar-refractivity contribution in [3.05, 3.63) is 0 Å². The van der Waals surface area contributed by atoms with Gasteiger partial charge in [-0.25, -0.2) is 0 Å². The third kappa shape index (κ3) is 5.03. The molecule has 0 aromatic rings. The largest absolute Gasteiger partial charge is 0.385 e. The van der Waals surface area contributed by atoms with Gasteiger partial charge in [0.15, 0.2) is 0 Å². The molecular weight excluding hydrogens is 240 g/mol. The molecule has 112 valence electrons. The normalized spacial score (nSPS) is 23.8. The van der Waals surface area contributed by atoms with Gasteiger partial charge in [-0.1, -0.05) is 12.8 Å². The molecule has 0 atom stereocenters. The highest BCUT2D eigenvalue weighted by molar-refractivity contribution is 4.96. The van der Waals surface area contributed by atoms with Crippen molar-refractivity contribution in [2.24, 2.45) is 0 Å². The van der Waals surface area contributed by atoms with Crippen LogP contribution in [0.1, 0.15) is 38.5 Å². The molecule has 19 heavy (non-hydrogen) atoms. The van der Waals surface area contributed by atoms with E-state index in [1.165, 1.54) is 51.7 Å². The molecule has 1 aliphatic heterocycles. The second-order valence-electron chi connectivity index (χ2n) is 6.00. The van der Waals surface area contributed by atoms with E-state index in [2.05, 4.69) is 10.2 Å². The fourth-order valence-electron chi connectivity index (χ4n) is 3.40. The number of ether oxygens (including phenoxy) is 2. The van der Waals surface area contributed by atoms with E-state index >= 15 is 0 Å². The summed E-state index contributed by atoms with van der Waals surface area (Å²) >= 11 is 0. The quantitative estimate of drug-likeness (QED) is 0.713. The minimum absolute atomic E-state index is 0.423. The fraction of sp³-hybridized carbons (Fsp3) is 1.00. The molecule has 0 radical (unpaired) electrons. The number of hydrogen-bond acceptors (Lipinski definition) is 4. The van der Waals surface area contributed by atoms with Crippen LogP contribution in [0.4, 0.5) is 0 Å². The first-order valence-corrected chi connectivity index (χ1v) is 7.89. The van der Waals surface area contributed by atoms with Crippen molar-refractivity contribution in [3.8, 4) is 0 Å². The fourth-order valence-corrected chi connectivity index (χ4v) is 3.40. The summed E-state index contributed by atoms with van der Waals surface area (Å²) < 4.78 is 10.7.